The predicted molar refractivity (Wildman–Crippen MR) is 107 cm³/mol. The lowest BCUT2D eigenvalue weighted by atomic mass is 9.87. The highest BCUT2D eigenvalue weighted by atomic mass is 16.6. The average molecular weight is 382 g/mol. The fourth-order valence-electron chi connectivity index (χ4n) is 2.34. The molecule has 0 spiro atoms. The highest BCUT2D eigenvalue weighted by Crippen LogP contribution is 2.23. The first-order valence-corrected chi connectivity index (χ1v) is 8.65. The second-order valence-corrected chi connectivity index (χ2v) is 7.17. The number of nitrogens with zero attached hydrogens (tertiary/aromatic N) is 1. The molecule has 1 N–H and O–H groups in total. The van der Waals surface area contributed by atoms with Crippen molar-refractivity contribution in [3.05, 3.63) is 75.8 Å². The Labute approximate surface area is 163 Å². The number of carbonyl (C=O) groups excluding carboxylic acids is 2. The third-order valence-corrected chi connectivity index (χ3v) is 3.87. The summed E-state index contributed by atoms with van der Waals surface area (Å²) in [5.41, 5.74) is 2.18. The molecule has 0 bridgehead atoms. The van der Waals surface area contributed by atoms with Crippen molar-refractivity contribution in [2.24, 2.45) is 0 Å². The maximum atomic E-state index is 11.9. The number of nitro groups is 1. The topological polar surface area (TPSA) is 98.5 Å². The van der Waals surface area contributed by atoms with Gasteiger partial charge in [0.25, 0.3) is 11.6 Å². The lowest BCUT2D eigenvalue weighted by Crippen LogP contribution is -2.20. The number of benzene rings is 2. The summed E-state index contributed by atoms with van der Waals surface area (Å²) in [5.74, 6) is -1.18. The molecule has 146 valence electrons. The van der Waals surface area contributed by atoms with Crippen LogP contribution >= 0.6 is 0 Å². The van der Waals surface area contributed by atoms with Gasteiger partial charge in [0.05, 0.1) is 4.92 Å². The van der Waals surface area contributed by atoms with Gasteiger partial charge in [-0.05, 0) is 34.8 Å². The Kier molecular flexibility index (Phi) is 6.65. The minimum atomic E-state index is -0.718. The number of rotatable bonds is 6. The van der Waals surface area contributed by atoms with Gasteiger partial charge in [-0.1, -0.05) is 45.0 Å². The first-order valence-electron chi connectivity index (χ1n) is 8.65. The van der Waals surface area contributed by atoms with Crippen molar-refractivity contribution in [2.45, 2.75) is 26.2 Å². The van der Waals surface area contributed by atoms with Crippen LogP contribution in [0.2, 0.25) is 0 Å². The molecule has 0 aromatic heterocycles. The molecule has 0 aliphatic carbocycles. The molecule has 0 unspecified atom stereocenters. The monoisotopic (exact) mass is 382 g/mol. The Morgan fingerprint density at radius 2 is 1.82 bits per heavy atom. The fourth-order valence-corrected chi connectivity index (χ4v) is 2.34. The van der Waals surface area contributed by atoms with Crippen LogP contribution < -0.4 is 5.32 Å². The quantitative estimate of drug-likeness (QED) is 0.351. The maximum absolute atomic E-state index is 11.9. The molecule has 0 aliphatic heterocycles. The molecule has 0 saturated carbocycles. The molecule has 0 atom stereocenters. The summed E-state index contributed by atoms with van der Waals surface area (Å²) in [5, 5.41) is 13.4. The second kappa shape index (κ2) is 8.94. The van der Waals surface area contributed by atoms with E-state index >= 15 is 0 Å². The molecule has 0 heterocycles. The molecule has 7 nitrogen and oxygen atoms in total. The minimum absolute atomic E-state index is 0.0174. The molecule has 2 aromatic rings. The van der Waals surface area contributed by atoms with Crippen LogP contribution in [0.25, 0.3) is 6.08 Å². The molecule has 0 fully saturated rings. The van der Waals surface area contributed by atoms with Crippen molar-refractivity contribution in [1.29, 1.82) is 0 Å². The van der Waals surface area contributed by atoms with E-state index in [2.05, 4.69) is 26.1 Å². The van der Waals surface area contributed by atoms with Gasteiger partial charge in [0, 0.05) is 23.9 Å². The zero-order chi connectivity index (χ0) is 20.7. The third-order valence-electron chi connectivity index (χ3n) is 3.87. The number of carbonyl (C=O) groups is 2. The normalized spacial score (nSPS) is 11.2. The zero-order valence-electron chi connectivity index (χ0n) is 16.0. The van der Waals surface area contributed by atoms with Crippen molar-refractivity contribution in [3.63, 3.8) is 0 Å². The van der Waals surface area contributed by atoms with E-state index < -0.39 is 23.4 Å². The number of anilines is 1. The highest BCUT2D eigenvalue weighted by molar-refractivity contribution is 5.94. The van der Waals surface area contributed by atoms with E-state index in [4.69, 9.17) is 4.74 Å². The number of amides is 1. The van der Waals surface area contributed by atoms with Crippen molar-refractivity contribution in [1.82, 2.24) is 0 Å². The fraction of sp³-hybridized carbons (Fsp3) is 0.238. The van der Waals surface area contributed by atoms with E-state index in [1.165, 1.54) is 24.3 Å². The van der Waals surface area contributed by atoms with Crippen molar-refractivity contribution in [2.75, 3.05) is 11.9 Å². The highest BCUT2D eigenvalue weighted by Gasteiger charge is 2.13. The van der Waals surface area contributed by atoms with Crippen molar-refractivity contribution < 1.29 is 19.2 Å². The largest absolute Gasteiger partial charge is 0.452 e. The van der Waals surface area contributed by atoms with Crippen LogP contribution in [0.1, 0.15) is 31.9 Å². The summed E-state index contributed by atoms with van der Waals surface area (Å²) in [6.07, 6.45) is 2.50. The van der Waals surface area contributed by atoms with E-state index in [-0.39, 0.29) is 11.1 Å². The number of ether oxygens (including phenoxy) is 1. The van der Waals surface area contributed by atoms with E-state index in [9.17, 15) is 19.7 Å². The second-order valence-electron chi connectivity index (χ2n) is 7.17. The smallest absolute Gasteiger partial charge is 0.331 e. The van der Waals surface area contributed by atoms with Crippen LogP contribution in [-0.2, 0) is 19.7 Å². The SMILES string of the molecule is CC(C)(C)c1ccc(NC(=O)COC(=O)C=Cc2cccc([N+](=O)[O-])c2)cc1. The van der Waals surface area contributed by atoms with Gasteiger partial charge in [0.1, 0.15) is 0 Å². The van der Waals surface area contributed by atoms with Crippen LogP contribution in [0.3, 0.4) is 0 Å². The van der Waals surface area contributed by atoms with Gasteiger partial charge in [-0.25, -0.2) is 4.79 Å². The maximum Gasteiger partial charge on any atom is 0.331 e. The Morgan fingerprint density at radius 1 is 1.14 bits per heavy atom. The Hall–Kier alpha value is -3.48. The molecule has 0 radical (unpaired) electrons. The van der Waals surface area contributed by atoms with Crippen LogP contribution in [0, 0.1) is 10.1 Å². The first kappa shape index (κ1) is 20.8. The summed E-state index contributed by atoms with van der Waals surface area (Å²) in [6, 6.07) is 13.3. The third kappa shape index (κ3) is 6.35. The number of hydrogen-bond donors (Lipinski definition) is 1. The Balaban J connectivity index is 1.84. The average Bonchev–Trinajstić information content (AvgIpc) is 2.64. The standard InChI is InChI=1S/C21H22N2O5/c1-21(2,3)16-8-10-17(11-9-16)22-19(24)14-28-20(25)12-7-15-5-4-6-18(13-15)23(26)27/h4-13H,14H2,1-3H3,(H,22,24). The number of non-ortho nitro benzene ring substituents is 1. The Bertz CT molecular complexity index is 896. The molecule has 28 heavy (non-hydrogen) atoms. The molecule has 0 saturated heterocycles. The van der Waals surface area contributed by atoms with Gasteiger partial charge in [0.15, 0.2) is 6.61 Å². The predicted octanol–water partition coefficient (Wildman–Crippen LogP) is 4.09. The van der Waals surface area contributed by atoms with Crippen LogP contribution in [0.15, 0.2) is 54.6 Å². The van der Waals surface area contributed by atoms with Crippen molar-refractivity contribution in [3.8, 4) is 0 Å². The summed E-state index contributed by atoms with van der Waals surface area (Å²) < 4.78 is 4.88. The molecule has 0 aliphatic rings. The summed E-state index contributed by atoms with van der Waals surface area (Å²) in [7, 11) is 0. The van der Waals surface area contributed by atoms with Gasteiger partial charge < -0.3 is 10.1 Å². The first-order chi connectivity index (χ1) is 13.1. The number of nitrogens with one attached hydrogen (secondary N) is 1. The van der Waals surface area contributed by atoms with Gasteiger partial charge in [0.2, 0.25) is 0 Å². The molecule has 2 rings (SSSR count). The van der Waals surface area contributed by atoms with Gasteiger partial charge >= 0.3 is 5.97 Å². The van der Waals surface area contributed by atoms with Crippen molar-refractivity contribution >= 4 is 29.3 Å². The van der Waals surface area contributed by atoms with E-state index in [1.807, 2.05) is 12.1 Å². The van der Waals surface area contributed by atoms with Gasteiger partial charge in [-0.3, -0.25) is 14.9 Å². The minimum Gasteiger partial charge on any atom is -0.452 e. The van der Waals surface area contributed by atoms with E-state index in [0.29, 0.717) is 11.3 Å². The molecule has 1 amide bonds. The number of hydrogen-bond acceptors (Lipinski definition) is 5. The summed E-state index contributed by atoms with van der Waals surface area (Å²) >= 11 is 0. The van der Waals surface area contributed by atoms with Crippen LogP contribution in [-0.4, -0.2) is 23.4 Å². The lowest BCUT2D eigenvalue weighted by molar-refractivity contribution is -0.384. The zero-order valence-corrected chi connectivity index (χ0v) is 16.0. The van der Waals surface area contributed by atoms with E-state index in [1.54, 1.807) is 18.2 Å². The summed E-state index contributed by atoms with van der Waals surface area (Å²) in [6.45, 7) is 5.86. The van der Waals surface area contributed by atoms with Crippen LogP contribution in [0.4, 0.5) is 11.4 Å². The molecule has 7 heteroatoms. The van der Waals surface area contributed by atoms with Gasteiger partial charge in [-0.2, -0.15) is 0 Å². The van der Waals surface area contributed by atoms with Crippen LogP contribution in [0.5, 0.6) is 0 Å². The Morgan fingerprint density at radius 3 is 2.43 bits per heavy atom. The number of nitro benzene ring substituents is 1. The molecular formula is C21H22N2O5. The molecular weight excluding hydrogens is 360 g/mol. The molecule has 2 aromatic carbocycles. The number of esters is 1. The van der Waals surface area contributed by atoms with Gasteiger partial charge in [-0.15, -0.1) is 0 Å². The summed E-state index contributed by atoms with van der Waals surface area (Å²) in [4.78, 5) is 33.8. The van der Waals surface area contributed by atoms with E-state index in [0.717, 1.165) is 11.6 Å². The lowest BCUT2D eigenvalue weighted by Gasteiger charge is -2.19.